The molecule has 4 aromatic carbocycles. The van der Waals surface area contributed by atoms with Crippen molar-refractivity contribution < 1.29 is 4.42 Å². The standard InChI is InChI=1S/C28H23IO/c1-2-3-16-23-25-24(19-12-6-4-7-13-19)27(20-14-8-5-9-15-20)30-28(25)22-18-11-10-17-21(22)26(23)29/h4-15,17-18H,2-3,16H2,1H3. The zero-order valence-electron chi connectivity index (χ0n) is 17.0. The molecule has 148 valence electrons. The van der Waals surface area contributed by atoms with Crippen molar-refractivity contribution in [3.63, 3.8) is 0 Å². The van der Waals surface area contributed by atoms with Gasteiger partial charge < -0.3 is 4.42 Å². The minimum absolute atomic E-state index is 0.960. The van der Waals surface area contributed by atoms with Crippen molar-refractivity contribution in [1.82, 2.24) is 0 Å². The lowest BCUT2D eigenvalue weighted by atomic mass is 9.92. The van der Waals surface area contributed by atoms with Gasteiger partial charge in [-0.15, -0.1) is 0 Å². The van der Waals surface area contributed by atoms with Gasteiger partial charge >= 0.3 is 0 Å². The van der Waals surface area contributed by atoms with Gasteiger partial charge in [0.2, 0.25) is 0 Å². The van der Waals surface area contributed by atoms with Crippen molar-refractivity contribution in [2.75, 3.05) is 0 Å². The van der Waals surface area contributed by atoms with E-state index in [1.807, 2.05) is 0 Å². The average molecular weight is 502 g/mol. The number of hydrogen-bond donors (Lipinski definition) is 0. The molecule has 0 spiro atoms. The molecule has 0 N–H and O–H groups in total. The lowest BCUT2D eigenvalue weighted by Gasteiger charge is -2.12. The Morgan fingerprint density at radius 2 is 1.33 bits per heavy atom. The monoisotopic (exact) mass is 502 g/mol. The van der Waals surface area contributed by atoms with Gasteiger partial charge in [0.05, 0.1) is 0 Å². The van der Waals surface area contributed by atoms with Crippen molar-refractivity contribution in [2.45, 2.75) is 26.2 Å². The molecule has 0 aliphatic heterocycles. The number of halogens is 1. The normalized spacial score (nSPS) is 11.4. The molecule has 0 aliphatic carbocycles. The molecule has 30 heavy (non-hydrogen) atoms. The highest BCUT2D eigenvalue weighted by molar-refractivity contribution is 14.1. The van der Waals surface area contributed by atoms with Gasteiger partial charge in [-0.05, 0) is 51.9 Å². The fourth-order valence-corrected chi connectivity index (χ4v) is 5.32. The Balaban J connectivity index is 1.97. The maximum Gasteiger partial charge on any atom is 0.143 e. The summed E-state index contributed by atoms with van der Waals surface area (Å²) in [6.07, 6.45) is 3.40. The Morgan fingerprint density at radius 3 is 2.00 bits per heavy atom. The molecule has 1 nitrogen and oxygen atoms in total. The minimum atomic E-state index is 0.960. The summed E-state index contributed by atoms with van der Waals surface area (Å²) in [4.78, 5) is 0. The van der Waals surface area contributed by atoms with Crippen LogP contribution in [0.1, 0.15) is 25.3 Å². The first-order chi connectivity index (χ1) is 14.8. The summed E-state index contributed by atoms with van der Waals surface area (Å²) in [6, 6.07) is 29.8. The first kappa shape index (κ1) is 19.4. The van der Waals surface area contributed by atoms with Crippen LogP contribution in [0.3, 0.4) is 0 Å². The average Bonchev–Trinajstić information content (AvgIpc) is 3.21. The van der Waals surface area contributed by atoms with Gasteiger partial charge in [0, 0.05) is 25.5 Å². The zero-order chi connectivity index (χ0) is 20.5. The Morgan fingerprint density at radius 1 is 0.733 bits per heavy atom. The highest BCUT2D eigenvalue weighted by Gasteiger charge is 2.24. The molecule has 0 bridgehead atoms. The van der Waals surface area contributed by atoms with Gasteiger partial charge in [0.25, 0.3) is 0 Å². The minimum Gasteiger partial charge on any atom is -0.455 e. The molecule has 0 aliphatic rings. The van der Waals surface area contributed by atoms with E-state index in [1.165, 1.54) is 49.3 Å². The number of unbranched alkanes of at least 4 members (excludes halogenated alkanes) is 1. The number of fused-ring (bicyclic) bond motifs is 3. The largest absolute Gasteiger partial charge is 0.455 e. The van der Waals surface area contributed by atoms with E-state index in [0.29, 0.717) is 0 Å². The van der Waals surface area contributed by atoms with E-state index in [9.17, 15) is 0 Å². The van der Waals surface area contributed by atoms with Crippen LogP contribution in [0.2, 0.25) is 0 Å². The molecule has 0 fully saturated rings. The molecule has 0 atom stereocenters. The Bertz CT molecular complexity index is 1320. The van der Waals surface area contributed by atoms with Crippen molar-refractivity contribution in [1.29, 1.82) is 0 Å². The summed E-state index contributed by atoms with van der Waals surface area (Å²) < 4.78 is 8.07. The van der Waals surface area contributed by atoms with Crippen molar-refractivity contribution in [3.05, 3.63) is 94.1 Å². The molecule has 2 heteroatoms. The van der Waals surface area contributed by atoms with Gasteiger partial charge in [-0.25, -0.2) is 0 Å². The Labute approximate surface area is 190 Å². The molecule has 0 amide bonds. The molecule has 5 aromatic rings. The number of benzene rings is 4. The lowest BCUT2D eigenvalue weighted by molar-refractivity contribution is 0.635. The van der Waals surface area contributed by atoms with Gasteiger partial charge in [0.1, 0.15) is 11.3 Å². The zero-order valence-corrected chi connectivity index (χ0v) is 19.1. The van der Waals surface area contributed by atoms with E-state index in [0.717, 1.165) is 23.3 Å². The first-order valence-corrected chi connectivity index (χ1v) is 11.6. The van der Waals surface area contributed by atoms with Crippen LogP contribution in [0, 0.1) is 3.57 Å². The van der Waals surface area contributed by atoms with E-state index in [4.69, 9.17) is 4.42 Å². The summed E-state index contributed by atoms with van der Waals surface area (Å²) in [7, 11) is 0. The highest BCUT2D eigenvalue weighted by atomic mass is 127. The highest BCUT2D eigenvalue weighted by Crippen LogP contribution is 2.46. The van der Waals surface area contributed by atoms with E-state index in [2.05, 4.69) is 114 Å². The third-order valence-corrected chi connectivity index (χ3v) is 6.99. The molecular formula is C28H23IO. The van der Waals surface area contributed by atoms with Gasteiger partial charge in [-0.2, -0.15) is 0 Å². The smallest absolute Gasteiger partial charge is 0.143 e. The van der Waals surface area contributed by atoms with Crippen LogP contribution in [0.5, 0.6) is 0 Å². The molecule has 1 aromatic heterocycles. The molecule has 0 radical (unpaired) electrons. The van der Waals surface area contributed by atoms with Gasteiger partial charge in [-0.1, -0.05) is 98.3 Å². The topological polar surface area (TPSA) is 13.1 Å². The maximum atomic E-state index is 6.73. The fourth-order valence-electron chi connectivity index (χ4n) is 4.31. The Hall–Kier alpha value is -2.59. The molecule has 0 saturated carbocycles. The van der Waals surface area contributed by atoms with E-state index in [-0.39, 0.29) is 0 Å². The second-order valence-corrected chi connectivity index (χ2v) is 8.76. The van der Waals surface area contributed by atoms with Crippen molar-refractivity contribution in [3.8, 4) is 22.5 Å². The van der Waals surface area contributed by atoms with E-state index >= 15 is 0 Å². The summed E-state index contributed by atoms with van der Waals surface area (Å²) in [6.45, 7) is 2.26. The summed E-state index contributed by atoms with van der Waals surface area (Å²) in [5, 5.41) is 3.75. The molecule has 5 rings (SSSR count). The quantitative estimate of drug-likeness (QED) is 0.219. The van der Waals surface area contributed by atoms with Crippen LogP contribution in [0.25, 0.3) is 44.2 Å². The maximum absolute atomic E-state index is 6.73. The van der Waals surface area contributed by atoms with Crippen LogP contribution in [-0.2, 0) is 6.42 Å². The molecular weight excluding hydrogens is 479 g/mol. The SMILES string of the molecule is CCCCc1c(I)c2ccccc2c2oc(-c3ccccc3)c(-c3ccccc3)c12. The third kappa shape index (κ3) is 3.24. The van der Waals surface area contributed by atoms with E-state index in [1.54, 1.807) is 0 Å². The van der Waals surface area contributed by atoms with Gasteiger partial charge in [0.15, 0.2) is 0 Å². The van der Waals surface area contributed by atoms with Crippen molar-refractivity contribution >= 4 is 44.3 Å². The fraction of sp³-hybridized carbons (Fsp3) is 0.143. The van der Waals surface area contributed by atoms with Crippen LogP contribution >= 0.6 is 22.6 Å². The van der Waals surface area contributed by atoms with Crippen LogP contribution in [-0.4, -0.2) is 0 Å². The number of aryl methyl sites for hydroxylation is 1. The molecule has 0 saturated heterocycles. The van der Waals surface area contributed by atoms with Gasteiger partial charge in [-0.3, -0.25) is 0 Å². The van der Waals surface area contributed by atoms with Crippen LogP contribution in [0.15, 0.2) is 89.3 Å². The number of rotatable bonds is 5. The summed E-state index contributed by atoms with van der Waals surface area (Å²) in [5.74, 6) is 0.960. The second-order valence-electron chi connectivity index (χ2n) is 7.68. The summed E-state index contributed by atoms with van der Waals surface area (Å²) >= 11 is 2.54. The van der Waals surface area contributed by atoms with Crippen molar-refractivity contribution in [2.24, 2.45) is 0 Å². The predicted molar refractivity (Wildman–Crippen MR) is 136 cm³/mol. The first-order valence-electron chi connectivity index (χ1n) is 10.6. The van der Waals surface area contributed by atoms with Crippen LogP contribution < -0.4 is 0 Å². The Kier molecular flexibility index (Phi) is 5.34. The number of hydrogen-bond acceptors (Lipinski definition) is 1. The van der Waals surface area contributed by atoms with E-state index < -0.39 is 0 Å². The third-order valence-electron chi connectivity index (χ3n) is 5.76. The predicted octanol–water partition coefficient (Wildman–Crippen LogP) is 8.87. The summed E-state index contributed by atoms with van der Waals surface area (Å²) in [5.41, 5.74) is 5.96. The second kappa shape index (κ2) is 8.27. The molecule has 0 unspecified atom stereocenters. The lowest BCUT2D eigenvalue weighted by Crippen LogP contribution is -1.94. The molecule has 1 heterocycles. The number of furan rings is 1. The van der Waals surface area contributed by atoms with Crippen LogP contribution in [0.4, 0.5) is 0 Å².